The van der Waals surface area contributed by atoms with Crippen LogP contribution in [-0.2, 0) is 23.0 Å². The summed E-state index contributed by atoms with van der Waals surface area (Å²) in [5.74, 6) is -0.340. The van der Waals surface area contributed by atoms with Gasteiger partial charge >= 0.3 is 0 Å². The highest BCUT2D eigenvalue weighted by Gasteiger charge is 2.15. The van der Waals surface area contributed by atoms with Gasteiger partial charge in [-0.25, -0.2) is 12.8 Å². The zero-order valence-corrected chi connectivity index (χ0v) is 19.4. The molecule has 1 N–H and O–H groups in total. The van der Waals surface area contributed by atoms with Crippen molar-refractivity contribution in [2.24, 2.45) is 0 Å². The summed E-state index contributed by atoms with van der Waals surface area (Å²) in [6.45, 7) is 3.35. The van der Waals surface area contributed by atoms with Gasteiger partial charge in [-0.1, -0.05) is 29.4 Å². The fourth-order valence-electron chi connectivity index (χ4n) is 3.78. The number of nitrogens with zero attached hydrogens (tertiary/aromatic N) is 2. The standard InChI is InChI=1S/C25H26FN3O3S/c1-18-6-3-9-22(14-18)33(30,31)28-21-8-4-7-19(15-21)17-29(2)13-5-10-24-23-12-11-20(26)16-25(23)32-27-24/h3-4,6-9,11-12,14-16,28H,5,10,13,17H2,1-2H3. The summed E-state index contributed by atoms with van der Waals surface area (Å²) in [7, 11) is -1.63. The summed E-state index contributed by atoms with van der Waals surface area (Å²) < 4.78 is 46.6. The first-order valence-corrected chi connectivity index (χ1v) is 12.2. The Hall–Kier alpha value is -3.23. The second kappa shape index (κ2) is 9.72. The van der Waals surface area contributed by atoms with E-state index in [-0.39, 0.29) is 10.7 Å². The van der Waals surface area contributed by atoms with Crippen molar-refractivity contribution in [2.45, 2.75) is 31.2 Å². The molecule has 0 saturated carbocycles. The van der Waals surface area contributed by atoms with Crippen molar-refractivity contribution in [1.82, 2.24) is 10.1 Å². The van der Waals surface area contributed by atoms with Crippen molar-refractivity contribution in [1.29, 1.82) is 0 Å². The predicted molar refractivity (Wildman–Crippen MR) is 127 cm³/mol. The molecule has 0 amide bonds. The highest BCUT2D eigenvalue weighted by Crippen LogP contribution is 2.21. The number of sulfonamides is 1. The monoisotopic (exact) mass is 467 g/mol. The van der Waals surface area contributed by atoms with Crippen molar-refractivity contribution in [3.63, 3.8) is 0 Å². The van der Waals surface area contributed by atoms with Crippen molar-refractivity contribution in [2.75, 3.05) is 18.3 Å². The van der Waals surface area contributed by atoms with E-state index >= 15 is 0 Å². The number of hydrogen-bond acceptors (Lipinski definition) is 5. The largest absolute Gasteiger partial charge is 0.356 e. The third-order valence-electron chi connectivity index (χ3n) is 5.39. The van der Waals surface area contributed by atoms with Gasteiger partial charge < -0.3 is 9.42 Å². The van der Waals surface area contributed by atoms with Crippen molar-refractivity contribution in [3.05, 3.63) is 89.4 Å². The molecular formula is C25H26FN3O3S. The SMILES string of the molecule is Cc1cccc(S(=O)(=O)Nc2cccc(CN(C)CCCc3noc4cc(F)ccc34)c2)c1. The number of rotatable bonds is 9. The molecule has 0 spiro atoms. The third-order valence-corrected chi connectivity index (χ3v) is 6.77. The van der Waals surface area contributed by atoms with Gasteiger partial charge in [-0.05, 0) is 80.9 Å². The highest BCUT2D eigenvalue weighted by molar-refractivity contribution is 7.92. The van der Waals surface area contributed by atoms with Gasteiger partial charge in [0, 0.05) is 23.7 Å². The van der Waals surface area contributed by atoms with Crippen LogP contribution in [0.3, 0.4) is 0 Å². The number of fused-ring (bicyclic) bond motifs is 1. The number of aromatic nitrogens is 1. The molecule has 4 rings (SSSR count). The molecule has 3 aromatic carbocycles. The minimum Gasteiger partial charge on any atom is -0.356 e. The molecule has 0 saturated heterocycles. The van der Waals surface area contributed by atoms with E-state index in [2.05, 4.69) is 14.8 Å². The van der Waals surface area contributed by atoms with Crippen molar-refractivity contribution >= 4 is 26.7 Å². The van der Waals surface area contributed by atoms with Gasteiger partial charge in [0.2, 0.25) is 0 Å². The average Bonchev–Trinajstić information content (AvgIpc) is 3.15. The average molecular weight is 468 g/mol. The Morgan fingerprint density at radius 2 is 1.88 bits per heavy atom. The van der Waals surface area contributed by atoms with Gasteiger partial charge in [0.25, 0.3) is 10.0 Å². The fourth-order valence-corrected chi connectivity index (χ4v) is 4.93. The van der Waals surface area contributed by atoms with E-state index in [0.29, 0.717) is 17.8 Å². The van der Waals surface area contributed by atoms with E-state index in [0.717, 1.165) is 41.6 Å². The molecule has 0 unspecified atom stereocenters. The summed E-state index contributed by atoms with van der Waals surface area (Å²) in [5.41, 5.74) is 3.71. The van der Waals surface area contributed by atoms with E-state index in [4.69, 9.17) is 4.52 Å². The molecular weight excluding hydrogens is 441 g/mol. The fraction of sp³-hybridized carbons (Fsp3) is 0.240. The second-order valence-corrected chi connectivity index (χ2v) is 9.92. The van der Waals surface area contributed by atoms with Gasteiger partial charge in [0.15, 0.2) is 5.58 Å². The summed E-state index contributed by atoms with van der Waals surface area (Å²) >= 11 is 0. The molecule has 4 aromatic rings. The van der Waals surface area contributed by atoms with E-state index < -0.39 is 10.0 Å². The molecule has 0 aliphatic carbocycles. The van der Waals surface area contributed by atoms with Crippen LogP contribution in [0.15, 0.2) is 76.1 Å². The lowest BCUT2D eigenvalue weighted by Crippen LogP contribution is -2.20. The van der Waals surface area contributed by atoms with Gasteiger partial charge in [0.1, 0.15) is 5.82 Å². The van der Waals surface area contributed by atoms with Crippen LogP contribution in [0.5, 0.6) is 0 Å². The first-order valence-electron chi connectivity index (χ1n) is 10.7. The molecule has 1 aromatic heterocycles. The molecule has 0 fully saturated rings. The van der Waals surface area contributed by atoms with Crippen LogP contribution in [0.25, 0.3) is 11.0 Å². The van der Waals surface area contributed by atoms with Crippen molar-refractivity contribution < 1.29 is 17.3 Å². The summed E-state index contributed by atoms with van der Waals surface area (Å²) in [6.07, 6.45) is 1.58. The van der Waals surface area contributed by atoms with Gasteiger partial charge in [0.05, 0.1) is 10.6 Å². The molecule has 1 heterocycles. The van der Waals surface area contributed by atoms with E-state index in [1.54, 1.807) is 30.3 Å². The maximum Gasteiger partial charge on any atom is 0.261 e. The van der Waals surface area contributed by atoms with E-state index in [1.807, 2.05) is 38.2 Å². The Balaban J connectivity index is 1.34. The van der Waals surface area contributed by atoms with E-state index in [1.165, 1.54) is 12.1 Å². The Morgan fingerprint density at radius 3 is 2.70 bits per heavy atom. The van der Waals surface area contributed by atoms with Crippen molar-refractivity contribution in [3.8, 4) is 0 Å². The number of anilines is 1. The zero-order chi connectivity index (χ0) is 23.4. The smallest absolute Gasteiger partial charge is 0.261 e. The molecule has 0 aliphatic heterocycles. The molecule has 0 aliphatic rings. The molecule has 0 atom stereocenters. The first-order chi connectivity index (χ1) is 15.8. The minimum atomic E-state index is -3.64. The quantitative estimate of drug-likeness (QED) is 0.369. The number of halogens is 1. The Labute approximate surface area is 193 Å². The lowest BCUT2D eigenvalue weighted by molar-refractivity contribution is 0.320. The number of benzene rings is 3. The normalized spacial score (nSPS) is 11.9. The summed E-state index contributed by atoms with van der Waals surface area (Å²) in [5, 5.41) is 4.91. The zero-order valence-electron chi connectivity index (χ0n) is 18.6. The van der Waals surface area contributed by atoms with Gasteiger partial charge in [-0.3, -0.25) is 4.72 Å². The Morgan fingerprint density at radius 1 is 1.06 bits per heavy atom. The first kappa shape index (κ1) is 22.9. The number of aryl methyl sites for hydroxylation is 2. The second-order valence-electron chi connectivity index (χ2n) is 8.23. The van der Waals surface area contributed by atoms with Crippen LogP contribution in [-0.4, -0.2) is 32.1 Å². The van der Waals surface area contributed by atoms with E-state index in [9.17, 15) is 12.8 Å². The maximum atomic E-state index is 13.3. The lowest BCUT2D eigenvalue weighted by Gasteiger charge is -2.17. The Bertz CT molecular complexity index is 1370. The highest BCUT2D eigenvalue weighted by atomic mass is 32.2. The Kier molecular flexibility index (Phi) is 6.76. The van der Waals surface area contributed by atoms with Gasteiger partial charge in [-0.2, -0.15) is 0 Å². The molecule has 8 heteroatoms. The molecule has 0 radical (unpaired) electrons. The van der Waals surface area contributed by atoms with Gasteiger partial charge in [-0.15, -0.1) is 0 Å². The molecule has 0 bridgehead atoms. The van der Waals surface area contributed by atoms with Crippen LogP contribution in [0, 0.1) is 12.7 Å². The predicted octanol–water partition coefficient (Wildman–Crippen LogP) is 5.14. The minimum absolute atomic E-state index is 0.244. The summed E-state index contributed by atoms with van der Waals surface area (Å²) in [6, 6.07) is 18.7. The van der Waals surface area contributed by atoms with Crippen LogP contribution < -0.4 is 4.72 Å². The molecule has 6 nitrogen and oxygen atoms in total. The molecule has 33 heavy (non-hydrogen) atoms. The number of hydrogen-bond donors (Lipinski definition) is 1. The summed E-state index contributed by atoms with van der Waals surface area (Å²) in [4.78, 5) is 2.41. The van der Waals surface area contributed by atoms with Crippen LogP contribution in [0.2, 0.25) is 0 Å². The topological polar surface area (TPSA) is 75.4 Å². The molecule has 172 valence electrons. The van der Waals surface area contributed by atoms with Crippen LogP contribution in [0.4, 0.5) is 10.1 Å². The van der Waals surface area contributed by atoms with Crippen LogP contribution >= 0.6 is 0 Å². The third kappa shape index (κ3) is 5.77. The van der Waals surface area contributed by atoms with Crippen LogP contribution in [0.1, 0.15) is 23.2 Å². The lowest BCUT2D eigenvalue weighted by atomic mass is 10.1. The number of nitrogens with one attached hydrogen (secondary N) is 1. The maximum absolute atomic E-state index is 13.3.